The number of benzene rings is 1. The van der Waals surface area contributed by atoms with Crippen LogP contribution in [0.25, 0.3) is 0 Å². The molecule has 6 heteroatoms. The molecule has 2 N–H and O–H groups in total. The zero-order valence-electron chi connectivity index (χ0n) is 10.5. The SMILES string of the molecule is Cc1ccc(/C(=N/O)n2c(C)cc(=O)[nH]c2=O)cc1. The number of rotatable bonds is 1. The Morgan fingerprint density at radius 2 is 1.84 bits per heavy atom. The number of nitrogens with one attached hydrogen (secondary N) is 1. The summed E-state index contributed by atoms with van der Waals surface area (Å²) in [6.45, 7) is 3.52. The fraction of sp³-hybridized carbons (Fsp3) is 0.154. The van der Waals surface area contributed by atoms with Gasteiger partial charge in [-0.3, -0.25) is 9.78 Å². The second kappa shape index (κ2) is 4.93. The van der Waals surface area contributed by atoms with Gasteiger partial charge in [0, 0.05) is 17.3 Å². The van der Waals surface area contributed by atoms with Crippen molar-refractivity contribution in [1.82, 2.24) is 9.55 Å². The van der Waals surface area contributed by atoms with E-state index in [-0.39, 0.29) is 5.84 Å². The van der Waals surface area contributed by atoms with E-state index >= 15 is 0 Å². The molecule has 19 heavy (non-hydrogen) atoms. The Hall–Kier alpha value is -2.63. The van der Waals surface area contributed by atoms with Gasteiger partial charge in [0.05, 0.1) is 0 Å². The minimum Gasteiger partial charge on any atom is -0.409 e. The number of hydrogen-bond donors (Lipinski definition) is 2. The van der Waals surface area contributed by atoms with Gasteiger partial charge in [0.1, 0.15) is 0 Å². The van der Waals surface area contributed by atoms with Gasteiger partial charge in [0.15, 0.2) is 5.84 Å². The minimum atomic E-state index is -0.640. The van der Waals surface area contributed by atoms with Crippen LogP contribution < -0.4 is 11.2 Å². The van der Waals surface area contributed by atoms with Crippen LogP contribution in [0, 0.1) is 13.8 Å². The van der Waals surface area contributed by atoms with Crippen LogP contribution in [0.15, 0.2) is 45.1 Å². The molecule has 0 spiro atoms. The molecular weight excluding hydrogens is 246 g/mol. The summed E-state index contributed by atoms with van der Waals surface area (Å²) < 4.78 is 1.14. The van der Waals surface area contributed by atoms with Gasteiger partial charge in [-0.15, -0.1) is 0 Å². The zero-order chi connectivity index (χ0) is 14.0. The highest BCUT2D eigenvalue weighted by molar-refractivity contribution is 6.00. The Morgan fingerprint density at radius 3 is 2.37 bits per heavy atom. The van der Waals surface area contributed by atoms with Gasteiger partial charge in [-0.1, -0.05) is 35.0 Å². The van der Waals surface area contributed by atoms with Crippen molar-refractivity contribution < 1.29 is 5.21 Å². The molecule has 0 unspecified atom stereocenters. The Kier molecular flexibility index (Phi) is 3.33. The molecule has 0 aliphatic carbocycles. The maximum absolute atomic E-state index is 11.8. The fourth-order valence-corrected chi connectivity index (χ4v) is 1.81. The van der Waals surface area contributed by atoms with Crippen LogP contribution in [0.3, 0.4) is 0 Å². The first-order valence-electron chi connectivity index (χ1n) is 5.65. The predicted octanol–water partition coefficient (Wildman–Crippen LogP) is 0.838. The van der Waals surface area contributed by atoms with Gasteiger partial charge in [-0.25, -0.2) is 9.36 Å². The maximum atomic E-state index is 11.8. The third-order valence-electron chi connectivity index (χ3n) is 2.74. The summed E-state index contributed by atoms with van der Waals surface area (Å²) in [5.74, 6) is 0.0683. The molecule has 0 atom stereocenters. The van der Waals surface area contributed by atoms with Crippen LogP contribution in [0.5, 0.6) is 0 Å². The van der Waals surface area contributed by atoms with Crippen molar-refractivity contribution in [1.29, 1.82) is 0 Å². The molecule has 0 bridgehead atoms. The summed E-state index contributed by atoms with van der Waals surface area (Å²) in [6.07, 6.45) is 0. The van der Waals surface area contributed by atoms with Crippen LogP contribution in [0.1, 0.15) is 16.8 Å². The highest BCUT2D eigenvalue weighted by Gasteiger charge is 2.12. The molecule has 1 aromatic carbocycles. The summed E-state index contributed by atoms with van der Waals surface area (Å²) in [7, 11) is 0. The summed E-state index contributed by atoms with van der Waals surface area (Å²) >= 11 is 0. The minimum absolute atomic E-state index is 0.0683. The van der Waals surface area contributed by atoms with Crippen molar-refractivity contribution in [3.63, 3.8) is 0 Å². The molecule has 0 radical (unpaired) electrons. The average Bonchev–Trinajstić information content (AvgIpc) is 2.35. The van der Waals surface area contributed by atoms with E-state index in [1.54, 1.807) is 19.1 Å². The topological polar surface area (TPSA) is 87.4 Å². The van der Waals surface area contributed by atoms with E-state index in [4.69, 9.17) is 5.21 Å². The van der Waals surface area contributed by atoms with E-state index in [2.05, 4.69) is 10.1 Å². The molecule has 2 rings (SSSR count). The maximum Gasteiger partial charge on any atom is 0.334 e. The zero-order valence-corrected chi connectivity index (χ0v) is 10.5. The van der Waals surface area contributed by atoms with Gasteiger partial charge in [-0.2, -0.15) is 0 Å². The lowest BCUT2D eigenvalue weighted by atomic mass is 10.1. The quantitative estimate of drug-likeness (QED) is 0.344. The van der Waals surface area contributed by atoms with Gasteiger partial charge >= 0.3 is 5.69 Å². The molecule has 98 valence electrons. The lowest BCUT2D eigenvalue weighted by Crippen LogP contribution is -2.36. The second-order valence-electron chi connectivity index (χ2n) is 4.21. The number of aryl methyl sites for hydroxylation is 2. The van der Waals surface area contributed by atoms with Crippen molar-refractivity contribution in [3.8, 4) is 0 Å². The standard InChI is InChI=1S/C13H13N3O3/c1-8-3-5-10(6-4-8)12(15-19)16-9(2)7-11(17)14-13(16)18/h3-7,19H,1-2H3,(H,14,17,18)/b15-12-. The molecular formula is C13H13N3O3. The molecule has 0 amide bonds. The normalized spacial score (nSPS) is 11.6. The number of aromatic amines is 1. The number of H-pyrrole nitrogens is 1. The Morgan fingerprint density at radius 1 is 1.21 bits per heavy atom. The molecule has 1 heterocycles. The van der Waals surface area contributed by atoms with E-state index < -0.39 is 11.2 Å². The van der Waals surface area contributed by atoms with Crippen LogP contribution in [-0.2, 0) is 0 Å². The van der Waals surface area contributed by atoms with Crippen molar-refractivity contribution >= 4 is 5.84 Å². The van der Waals surface area contributed by atoms with E-state index in [0.717, 1.165) is 10.1 Å². The fourth-order valence-electron chi connectivity index (χ4n) is 1.81. The Balaban J connectivity index is 2.65. The van der Waals surface area contributed by atoms with Gasteiger partial charge < -0.3 is 5.21 Å². The summed E-state index contributed by atoms with van der Waals surface area (Å²) in [6, 6.07) is 8.42. The third-order valence-corrected chi connectivity index (χ3v) is 2.74. The van der Waals surface area contributed by atoms with Crippen LogP contribution in [0.2, 0.25) is 0 Å². The van der Waals surface area contributed by atoms with Crippen LogP contribution >= 0.6 is 0 Å². The first kappa shape index (κ1) is 12.8. The molecule has 2 aromatic rings. The summed E-state index contributed by atoms with van der Waals surface area (Å²) in [5.41, 5.74) is 0.886. The largest absolute Gasteiger partial charge is 0.409 e. The van der Waals surface area contributed by atoms with E-state index in [1.165, 1.54) is 6.07 Å². The average molecular weight is 259 g/mol. The van der Waals surface area contributed by atoms with E-state index in [1.807, 2.05) is 19.1 Å². The first-order chi connectivity index (χ1) is 9.02. The molecule has 0 saturated carbocycles. The second-order valence-corrected chi connectivity index (χ2v) is 4.21. The van der Waals surface area contributed by atoms with Gasteiger partial charge in [0.25, 0.3) is 5.56 Å². The van der Waals surface area contributed by atoms with E-state index in [0.29, 0.717) is 11.3 Å². The Bertz CT molecular complexity index is 739. The predicted molar refractivity (Wildman–Crippen MR) is 71.0 cm³/mol. The number of oxime groups is 1. The number of aromatic nitrogens is 2. The molecule has 0 aliphatic heterocycles. The van der Waals surface area contributed by atoms with Crippen molar-refractivity contribution in [2.45, 2.75) is 13.8 Å². The van der Waals surface area contributed by atoms with Crippen molar-refractivity contribution in [3.05, 3.63) is 68.0 Å². The molecule has 0 aliphatic rings. The molecule has 1 aromatic heterocycles. The molecule has 6 nitrogen and oxygen atoms in total. The van der Waals surface area contributed by atoms with E-state index in [9.17, 15) is 9.59 Å². The smallest absolute Gasteiger partial charge is 0.334 e. The summed E-state index contributed by atoms with van der Waals surface area (Å²) in [4.78, 5) is 25.1. The highest BCUT2D eigenvalue weighted by atomic mass is 16.4. The monoisotopic (exact) mass is 259 g/mol. The lowest BCUT2D eigenvalue weighted by Gasteiger charge is -2.10. The lowest BCUT2D eigenvalue weighted by molar-refractivity contribution is 0.317. The molecule has 0 saturated heterocycles. The van der Waals surface area contributed by atoms with Gasteiger partial charge in [0.2, 0.25) is 0 Å². The third kappa shape index (κ3) is 2.47. The molecule has 0 fully saturated rings. The van der Waals surface area contributed by atoms with Gasteiger partial charge in [-0.05, 0) is 13.8 Å². The van der Waals surface area contributed by atoms with Crippen LogP contribution in [-0.4, -0.2) is 20.6 Å². The van der Waals surface area contributed by atoms with Crippen molar-refractivity contribution in [2.24, 2.45) is 5.16 Å². The first-order valence-corrected chi connectivity index (χ1v) is 5.65. The van der Waals surface area contributed by atoms with Crippen molar-refractivity contribution in [2.75, 3.05) is 0 Å². The number of hydrogen-bond acceptors (Lipinski definition) is 4. The highest BCUT2D eigenvalue weighted by Crippen LogP contribution is 2.06. The van der Waals surface area contributed by atoms with Crippen LogP contribution in [0.4, 0.5) is 0 Å². The number of nitrogens with zero attached hydrogens (tertiary/aromatic N) is 2. The Labute approximate surface area is 108 Å². The summed E-state index contributed by atoms with van der Waals surface area (Å²) in [5, 5.41) is 12.3.